The van der Waals surface area contributed by atoms with Crippen molar-refractivity contribution in [2.45, 2.75) is 18.9 Å². The lowest BCUT2D eigenvalue weighted by Gasteiger charge is -2.13. The third-order valence-corrected chi connectivity index (χ3v) is 2.01. The molecule has 0 fully saturated rings. The van der Waals surface area contributed by atoms with Crippen molar-refractivity contribution in [3.05, 3.63) is 36.5 Å². The van der Waals surface area contributed by atoms with Gasteiger partial charge in [0.2, 0.25) is 0 Å². The maximum absolute atomic E-state index is 5.57. The van der Waals surface area contributed by atoms with Gasteiger partial charge in [0.25, 0.3) is 0 Å². The summed E-state index contributed by atoms with van der Waals surface area (Å²) in [5, 5.41) is 0. The van der Waals surface area contributed by atoms with Gasteiger partial charge in [0.15, 0.2) is 0 Å². The van der Waals surface area contributed by atoms with E-state index in [1.807, 2.05) is 18.2 Å². The van der Waals surface area contributed by atoms with Gasteiger partial charge in [0, 0.05) is 12.2 Å². The molecule has 0 bridgehead atoms. The Hall–Kier alpha value is -1.39. The van der Waals surface area contributed by atoms with Gasteiger partial charge in [-0.2, -0.15) is 0 Å². The van der Waals surface area contributed by atoms with Gasteiger partial charge in [0.1, 0.15) is 5.82 Å². The zero-order valence-electron chi connectivity index (χ0n) is 8.11. The van der Waals surface area contributed by atoms with Crippen molar-refractivity contribution in [1.29, 1.82) is 0 Å². The van der Waals surface area contributed by atoms with Gasteiger partial charge in [-0.3, -0.25) is 11.3 Å². The fourth-order valence-corrected chi connectivity index (χ4v) is 1.32. The summed E-state index contributed by atoms with van der Waals surface area (Å²) in [6, 6.07) is 3.99. The fourth-order valence-electron chi connectivity index (χ4n) is 1.32. The molecule has 0 aliphatic heterocycles. The predicted molar refractivity (Wildman–Crippen MR) is 58.3 cm³/mol. The molecule has 1 aromatic rings. The molecule has 0 aliphatic rings. The van der Waals surface area contributed by atoms with Crippen LogP contribution >= 0.6 is 0 Å². The molecule has 1 unspecified atom stereocenters. The topological polar surface area (TPSA) is 77.0 Å². The fraction of sp³-hybridized carbons (Fsp3) is 0.300. The van der Waals surface area contributed by atoms with Gasteiger partial charge in [-0.25, -0.2) is 4.98 Å². The van der Waals surface area contributed by atoms with Crippen LogP contribution in [0, 0.1) is 0 Å². The molecule has 1 rings (SSSR count). The van der Waals surface area contributed by atoms with E-state index in [1.54, 1.807) is 6.20 Å². The number of hydrogen-bond acceptors (Lipinski definition) is 4. The Balaban J connectivity index is 2.61. The summed E-state index contributed by atoms with van der Waals surface area (Å²) in [5.41, 5.74) is 9.43. The molecule has 5 N–H and O–H groups in total. The van der Waals surface area contributed by atoms with E-state index in [0.717, 1.165) is 18.4 Å². The first kappa shape index (κ1) is 10.7. The highest BCUT2D eigenvalue weighted by Crippen LogP contribution is 2.07. The highest BCUT2D eigenvalue weighted by Gasteiger charge is 2.05. The van der Waals surface area contributed by atoms with Crippen molar-refractivity contribution in [2.24, 2.45) is 5.84 Å². The van der Waals surface area contributed by atoms with E-state index in [4.69, 9.17) is 11.6 Å². The average molecular weight is 192 g/mol. The Bertz CT molecular complexity index is 298. The summed E-state index contributed by atoms with van der Waals surface area (Å²) in [5.74, 6) is 5.94. The van der Waals surface area contributed by atoms with Crippen molar-refractivity contribution >= 4 is 5.82 Å². The SMILES string of the molecule is C=CCC(Cc1ccnc(N)c1)NN. The molecule has 0 radical (unpaired) electrons. The number of pyridine rings is 1. The van der Waals surface area contributed by atoms with Crippen LogP contribution in [0.25, 0.3) is 0 Å². The van der Waals surface area contributed by atoms with E-state index in [9.17, 15) is 0 Å². The minimum absolute atomic E-state index is 0.203. The van der Waals surface area contributed by atoms with Crippen LogP contribution in [0.3, 0.4) is 0 Å². The Kier molecular flexibility index (Phi) is 4.10. The van der Waals surface area contributed by atoms with Gasteiger partial charge < -0.3 is 5.73 Å². The molecule has 0 saturated carbocycles. The van der Waals surface area contributed by atoms with Crippen LogP contribution in [0.1, 0.15) is 12.0 Å². The zero-order chi connectivity index (χ0) is 10.4. The second kappa shape index (κ2) is 5.36. The number of rotatable bonds is 5. The van der Waals surface area contributed by atoms with Gasteiger partial charge in [-0.05, 0) is 30.5 Å². The van der Waals surface area contributed by atoms with Crippen molar-refractivity contribution in [3.8, 4) is 0 Å². The van der Waals surface area contributed by atoms with Gasteiger partial charge >= 0.3 is 0 Å². The van der Waals surface area contributed by atoms with Crippen LogP contribution in [-0.2, 0) is 6.42 Å². The molecule has 4 nitrogen and oxygen atoms in total. The van der Waals surface area contributed by atoms with Crippen molar-refractivity contribution in [3.63, 3.8) is 0 Å². The molecule has 0 saturated heterocycles. The monoisotopic (exact) mass is 192 g/mol. The second-order valence-corrected chi connectivity index (χ2v) is 3.18. The van der Waals surface area contributed by atoms with Crippen LogP contribution in [-0.4, -0.2) is 11.0 Å². The zero-order valence-corrected chi connectivity index (χ0v) is 8.11. The first-order valence-electron chi connectivity index (χ1n) is 4.53. The summed E-state index contributed by atoms with van der Waals surface area (Å²) in [6.07, 6.45) is 5.20. The molecule has 0 amide bonds. The van der Waals surface area contributed by atoms with Crippen LogP contribution < -0.4 is 17.0 Å². The molecule has 0 aliphatic carbocycles. The number of hydrazine groups is 1. The first-order valence-corrected chi connectivity index (χ1v) is 4.53. The third kappa shape index (κ3) is 3.16. The van der Waals surface area contributed by atoms with E-state index < -0.39 is 0 Å². The molecule has 1 heterocycles. The van der Waals surface area contributed by atoms with E-state index in [0.29, 0.717) is 5.82 Å². The molecule has 1 atom stereocenters. The Labute approximate surface area is 84.0 Å². The number of nitrogens with two attached hydrogens (primary N) is 2. The van der Waals surface area contributed by atoms with Crippen LogP contribution in [0.5, 0.6) is 0 Å². The van der Waals surface area contributed by atoms with Crippen molar-refractivity contribution in [2.75, 3.05) is 5.73 Å². The van der Waals surface area contributed by atoms with E-state index in [-0.39, 0.29) is 6.04 Å². The van der Waals surface area contributed by atoms with E-state index in [1.165, 1.54) is 0 Å². The predicted octanol–water partition coefficient (Wildman–Crippen LogP) is 0.614. The lowest BCUT2D eigenvalue weighted by molar-refractivity contribution is 0.531. The van der Waals surface area contributed by atoms with Crippen LogP contribution in [0.15, 0.2) is 31.0 Å². The number of aromatic nitrogens is 1. The lowest BCUT2D eigenvalue weighted by atomic mass is 10.1. The number of nitrogen functional groups attached to an aromatic ring is 1. The van der Waals surface area contributed by atoms with Crippen LogP contribution in [0.4, 0.5) is 5.82 Å². The summed E-state index contributed by atoms with van der Waals surface area (Å²) < 4.78 is 0. The smallest absolute Gasteiger partial charge is 0.123 e. The maximum atomic E-state index is 5.57. The minimum Gasteiger partial charge on any atom is -0.384 e. The molecule has 4 heteroatoms. The summed E-state index contributed by atoms with van der Waals surface area (Å²) in [7, 11) is 0. The quantitative estimate of drug-likeness (QED) is 0.363. The Morgan fingerprint density at radius 3 is 3.00 bits per heavy atom. The van der Waals surface area contributed by atoms with Gasteiger partial charge in [-0.15, -0.1) is 6.58 Å². The summed E-state index contributed by atoms with van der Waals surface area (Å²) in [4.78, 5) is 3.92. The molecule has 1 aromatic heterocycles. The molecular formula is C10H16N4. The highest BCUT2D eigenvalue weighted by molar-refractivity contribution is 5.32. The molecule has 0 aromatic carbocycles. The van der Waals surface area contributed by atoms with Gasteiger partial charge in [0.05, 0.1) is 0 Å². The Morgan fingerprint density at radius 2 is 2.43 bits per heavy atom. The largest absolute Gasteiger partial charge is 0.384 e. The standard InChI is InChI=1S/C10H16N4/c1-2-3-9(14-12)6-8-4-5-13-10(11)7-8/h2,4-5,7,9,14H,1,3,6,12H2,(H2,11,13). The van der Waals surface area contributed by atoms with E-state index >= 15 is 0 Å². The van der Waals surface area contributed by atoms with Crippen molar-refractivity contribution < 1.29 is 0 Å². The van der Waals surface area contributed by atoms with E-state index in [2.05, 4.69) is 17.0 Å². The second-order valence-electron chi connectivity index (χ2n) is 3.18. The minimum atomic E-state index is 0.203. The summed E-state index contributed by atoms with van der Waals surface area (Å²) >= 11 is 0. The lowest BCUT2D eigenvalue weighted by Crippen LogP contribution is -2.36. The molecular weight excluding hydrogens is 176 g/mol. The molecule has 76 valence electrons. The number of anilines is 1. The average Bonchev–Trinajstić information content (AvgIpc) is 2.17. The molecule has 0 spiro atoms. The highest BCUT2D eigenvalue weighted by atomic mass is 15.2. The first-order chi connectivity index (χ1) is 6.76. The number of nitrogens with zero attached hydrogens (tertiary/aromatic N) is 1. The molecule has 14 heavy (non-hydrogen) atoms. The third-order valence-electron chi connectivity index (χ3n) is 2.01. The summed E-state index contributed by atoms with van der Waals surface area (Å²) in [6.45, 7) is 3.68. The Morgan fingerprint density at radius 1 is 1.64 bits per heavy atom. The number of nitrogens with one attached hydrogen (secondary N) is 1. The van der Waals surface area contributed by atoms with Crippen molar-refractivity contribution in [1.82, 2.24) is 10.4 Å². The number of hydrogen-bond donors (Lipinski definition) is 3. The van der Waals surface area contributed by atoms with Gasteiger partial charge in [-0.1, -0.05) is 6.08 Å². The van der Waals surface area contributed by atoms with Crippen LogP contribution in [0.2, 0.25) is 0 Å². The normalized spacial score (nSPS) is 12.4. The maximum Gasteiger partial charge on any atom is 0.123 e.